The molecule has 2 aliphatic rings. The number of fused-ring (bicyclic) bond motifs is 5. The van der Waals surface area contributed by atoms with Crippen LogP contribution in [0.5, 0.6) is 0 Å². The Kier molecular flexibility index (Phi) is 2.50. The molecule has 1 aliphatic heterocycles. The van der Waals surface area contributed by atoms with E-state index in [1.807, 2.05) is 6.07 Å². The molecule has 0 amide bonds. The van der Waals surface area contributed by atoms with Crippen molar-refractivity contribution >= 4 is 27.8 Å². The first-order chi connectivity index (χ1) is 11.1. The molecule has 3 heteroatoms. The van der Waals surface area contributed by atoms with Gasteiger partial charge in [-0.25, -0.2) is 4.98 Å². The first-order valence-electron chi connectivity index (χ1n) is 8.65. The third-order valence-electron chi connectivity index (χ3n) is 6.26. The van der Waals surface area contributed by atoms with Gasteiger partial charge in [0.25, 0.3) is 0 Å². The van der Waals surface area contributed by atoms with Gasteiger partial charge in [0.2, 0.25) is 5.71 Å². The summed E-state index contributed by atoms with van der Waals surface area (Å²) in [7, 11) is 0. The van der Waals surface area contributed by atoms with E-state index in [1.165, 1.54) is 35.9 Å². The number of furan rings is 1. The number of nitrogens with zero attached hydrogens (tertiary/aromatic N) is 2. The minimum Gasteiger partial charge on any atom is -0.436 e. The van der Waals surface area contributed by atoms with Crippen LogP contribution in [0, 0.1) is 12.8 Å². The van der Waals surface area contributed by atoms with E-state index >= 15 is 0 Å². The molecule has 0 spiro atoms. The summed E-state index contributed by atoms with van der Waals surface area (Å²) in [5.74, 6) is 0.817. The second-order valence-corrected chi connectivity index (χ2v) is 7.68. The number of aromatic nitrogens is 1. The third kappa shape index (κ3) is 1.63. The van der Waals surface area contributed by atoms with Crippen LogP contribution in [0.1, 0.15) is 38.7 Å². The summed E-state index contributed by atoms with van der Waals surface area (Å²) in [6, 6.07) is 9.09. The van der Waals surface area contributed by atoms with Crippen LogP contribution in [0.25, 0.3) is 22.1 Å². The van der Waals surface area contributed by atoms with E-state index in [9.17, 15) is 0 Å². The summed E-state index contributed by atoms with van der Waals surface area (Å²) in [4.78, 5) is 7.07. The van der Waals surface area contributed by atoms with Gasteiger partial charge in [0, 0.05) is 28.6 Å². The van der Waals surface area contributed by atoms with Crippen LogP contribution in [-0.4, -0.2) is 16.6 Å². The fourth-order valence-electron chi connectivity index (χ4n) is 5.13. The molecule has 3 unspecified atom stereocenters. The average Bonchev–Trinajstić information content (AvgIpc) is 3.17. The number of rotatable bonds is 1. The van der Waals surface area contributed by atoms with Gasteiger partial charge in [-0.2, -0.15) is 0 Å². The number of pyridine rings is 1. The van der Waals surface area contributed by atoms with Crippen molar-refractivity contribution in [1.29, 1.82) is 0 Å². The van der Waals surface area contributed by atoms with Gasteiger partial charge in [-0.05, 0) is 63.6 Å². The Morgan fingerprint density at radius 1 is 1.26 bits per heavy atom. The van der Waals surface area contributed by atoms with E-state index in [1.54, 1.807) is 6.20 Å². The molecule has 1 saturated heterocycles. The quantitative estimate of drug-likeness (QED) is 0.629. The maximum absolute atomic E-state index is 6.23. The monoisotopic (exact) mass is 306 g/mol. The highest BCUT2D eigenvalue weighted by atomic mass is 16.3. The highest BCUT2D eigenvalue weighted by molar-refractivity contribution is 6.08. The predicted molar refractivity (Wildman–Crippen MR) is 93.9 cm³/mol. The lowest BCUT2D eigenvalue weighted by Crippen LogP contribution is -2.47. The Balaban J connectivity index is 1.83. The SMILES string of the molecule is Cc1ccc2c(oc3ncccc32)c1N1C(C)C2CCC1(C)C2. The molecule has 0 radical (unpaired) electrons. The Morgan fingerprint density at radius 3 is 2.91 bits per heavy atom. The van der Waals surface area contributed by atoms with Gasteiger partial charge in [0.1, 0.15) is 0 Å². The molecular weight excluding hydrogens is 284 g/mol. The van der Waals surface area contributed by atoms with Crippen LogP contribution < -0.4 is 4.90 Å². The molecule has 2 bridgehead atoms. The van der Waals surface area contributed by atoms with Crippen LogP contribution >= 0.6 is 0 Å². The van der Waals surface area contributed by atoms with Crippen LogP contribution in [0.2, 0.25) is 0 Å². The van der Waals surface area contributed by atoms with E-state index < -0.39 is 0 Å². The first kappa shape index (κ1) is 13.4. The second kappa shape index (κ2) is 4.28. The smallest absolute Gasteiger partial charge is 0.227 e. The molecule has 23 heavy (non-hydrogen) atoms. The molecule has 2 fully saturated rings. The fourth-order valence-corrected chi connectivity index (χ4v) is 5.13. The van der Waals surface area contributed by atoms with Crippen molar-refractivity contribution in [3.05, 3.63) is 36.0 Å². The van der Waals surface area contributed by atoms with E-state index in [4.69, 9.17) is 4.42 Å². The Labute approximate surface area is 136 Å². The van der Waals surface area contributed by atoms with Crippen LogP contribution in [0.4, 0.5) is 5.69 Å². The molecule has 3 heterocycles. The van der Waals surface area contributed by atoms with Crippen molar-refractivity contribution in [2.24, 2.45) is 5.92 Å². The molecule has 3 nitrogen and oxygen atoms in total. The van der Waals surface area contributed by atoms with E-state index in [0.29, 0.717) is 6.04 Å². The largest absolute Gasteiger partial charge is 0.436 e. The van der Waals surface area contributed by atoms with Gasteiger partial charge >= 0.3 is 0 Å². The third-order valence-corrected chi connectivity index (χ3v) is 6.26. The molecule has 1 saturated carbocycles. The molecule has 5 rings (SSSR count). The number of benzene rings is 1. The van der Waals surface area contributed by atoms with E-state index in [-0.39, 0.29) is 5.54 Å². The van der Waals surface area contributed by atoms with Gasteiger partial charge in [0.15, 0.2) is 5.58 Å². The molecule has 1 aliphatic carbocycles. The van der Waals surface area contributed by atoms with Crippen molar-refractivity contribution in [2.75, 3.05) is 4.90 Å². The van der Waals surface area contributed by atoms with Crippen molar-refractivity contribution in [3.63, 3.8) is 0 Å². The predicted octanol–water partition coefficient (Wildman–Crippen LogP) is 5.06. The van der Waals surface area contributed by atoms with Gasteiger partial charge in [0.05, 0.1) is 5.69 Å². The molecular formula is C20H22N2O. The van der Waals surface area contributed by atoms with Crippen molar-refractivity contribution < 1.29 is 4.42 Å². The maximum atomic E-state index is 6.23. The Morgan fingerprint density at radius 2 is 2.13 bits per heavy atom. The zero-order valence-electron chi connectivity index (χ0n) is 14.0. The van der Waals surface area contributed by atoms with Crippen molar-refractivity contribution in [1.82, 2.24) is 4.98 Å². The standard InChI is InChI=1S/C20H22N2O/c1-12-6-7-15-16-5-4-10-21-19(16)23-18(15)17(12)22-13(2)14-8-9-20(22,3)11-14/h4-7,10,13-14H,8-9,11H2,1-3H3. The minimum atomic E-state index is 0.273. The lowest BCUT2D eigenvalue weighted by molar-refractivity contribution is 0.402. The molecule has 118 valence electrons. The molecule has 1 aromatic carbocycles. The second-order valence-electron chi connectivity index (χ2n) is 7.68. The average molecular weight is 306 g/mol. The summed E-state index contributed by atoms with van der Waals surface area (Å²) in [5, 5.41) is 2.30. The van der Waals surface area contributed by atoms with Gasteiger partial charge in [-0.3, -0.25) is 0 Å². The van der Waals surface area contributed by atoms with Crippen LogP contribution in [0.15, 0.2) is 34.9 Å². The lowest BCUT2D eigenvalue weighted by Gasteiger charge is -2.42. The van der Waals surface area contributed by atoms with Crippen molar-refractivity contribution in [2.45, 2.75) is 51.6 Å². The molecule has 3 aromatic rings. The summed E-state index contributed by atoms with van der Waals surface area (Å²) >= 11 is 0. The highest BCUT2D eigenvalue weighted by Gasteiger charge is 2.52. The summed E-state index contributed by atoms with van der Waals surface area (Å²) in [6.45, 7) is 7.02. The minimum absolute atomic E-state index is 0.273. The maximum Gasteiger partial charge on any atom is 0.227 e. The zero-order chi connectivity index (χ0) is 15.8. The number of aryl methyl sites for hydroxylation is 1. The molecule has 0 N–H and O–H groups in total. The topological polar surface area (TPSA) is 29.3 Å². The first-order valence-corrected chi connectivity index (χ1v) is 8.65. The van der Waals surface area contributed by atoms with E-state index in [0.717, 1.165) is 22.6 Å². The Bertz CT molecular complexity index is 928. The van der Waals surface area contributed by atoms with E-state index in [2.05, 4.69) is 48.9 Å². The summed E-state index contributed by atoms with van der Waals surface area (Å²) in [5.41, 5.74) is 4.63. The normalized spacial score (nSPS) is 30.0. The number of anilines is 1. The van der Waals surface area contributed by atoms with Gasteiger partial charge < -0.3 is 9.32 Å². The molecule has 2 aromatic heterocycles. The summed E-state index contributed by atoms with van der Waals surface area (Å²) in [6.07, 6.45) is 5.77. The van der Waals surface area contributed by atoms with Crippen LogP contribution in [0.3, 0.4) is 0 Å². The number of piperidine rings is 1. The Hall–Kier alpha value is -2.03. The van der Waals surface area contributed by atoms with Crippen LogP contribution in [-0.2, 0) is 0 Å². The fraction of sp³-hybridized carbons (Fsp3) is 0.450. The lowest BCUT2D eigenvalue weighted by atomic mass is 9.94. The zero-order valence-corrected chi connectivity index (χ0v) is 14.0. The van der Waals surface area contributed by atoms with Crippen molar-refractivity contribution in [3.8, 4) is 0 Å². The van der Waals surface area contributed by atoms with Gasteiger partial charge in [-0.15, -0.1) is 0 Å². The highest BCUT2D eigenvalue weighted by Crippen LogP contribution is 2.54. The summed E-state index contributed by atoms with van der Waals surface area (Å²) < 4.78 is 6.23. The number of hydrogen-bond donors (Lipinski definition) is 0. The molecule has 3 atom stereocenters. The van der Waals surface area contributed by atoms with Gasteiger partial charge in [-0.1, -0.05) is 12.1 Å². The number of hydrogen-bond acceptors (Lipinski definition) is 3.